The lowest BCUT2D eigenvalue weighted by atomic mass is 10.4. The number of piperazine rings is 1. The van der Waals surface area contributed by atoms with Gasteiger partial charge in [0.25, 0.3) is 0 Å². The molecule has 0 saturated carbocycles. The van der Waals surface area contributed by atoms with Gasteiger partial charge in [0.05, 0.1) is 10.0 Å². The third kappa shape index (κ3) is 3.52. The van der Waals surface area contributed by atoms with E-state index in [-0.39, 0.29) is 14.9 Å². The molecule has 0 N–H and O–H groups in total. The molecule has 0 radical (unpaired) electrons. The van der Waals surface area contributed by atoms with E-state index in [9.17, 15) is 8.42 Å². The second-order valence-corrected chi connectivity index (χ2v) is 8.74. The average molecular weight is 452 g/mol. The molecule has 0 unspecified atom stereocenters. The van der Waals surface area contributed by atoms with Crippen LogP contribution < -0.4 is 4.90 Å². The first kappa shape index (κ1) is 17.9. The highest BCUT2D eigenvalue weighted by molar-refractivity contribution is 9.10. The lowest BCUT2D eigenvalue weighted by Crippen LogP contribution is -2.49. The van der Waals surface area contributed by atoms with Crippen LogP contribution in [0.25, 0.3) is 0 Å². The van der Waals surface area contributed by atoms with Crippen LogP contribution in [-0.2, 0) is 10.0 Å². The largest absolute Gasteiger partial charge is 0.338 e. The second kappa shape index (κ2) is 7.13. The van der Waals surface area contributed by atoms with Gasteiger partial charge >= 0.3 is 0 Å². The minimum absolute atomic E-state index is 0.0570. The SMILES string of the molecule is O=S(=O)(c1c(Cl)cc(Br)cc1Cl)N1CCN(c2ncccn2)CC1. The third-order valence-electron chi connectivity index (χ3n) is 3.63. The van der Waals surface area contributed by atoms with Crippen molar-refractivity contribution in [1.29, 1.82) is 0 Å². The van der Waals surface area contributed by atoms with Crippen molar-refractivity contribution in [2.24, 2.45) is 0 Å². The van der Waals surface area contributed by atoms with Gasteiger partial charge in [-0.2, -0.15) is 4.31 Å². The van der Waals surface area contributed by atoms with Gasteiger partial charge < -0.3 is 4.90 Å². The van der Waals surface area contributed by atoms with Crippen molar-refractivity contribution in [3.8, 4) is 0 Å². The van der Waals surface area contributed by atoms with Crippen molar-refractivity contribution in [2.45, 2.75) is 4.90 Å². The summed E-state index contributed by atoms with van der Waals surface area (Å²) in [4.78, 5) is 10.3. The van der Waals surface area contributed by atoms with Gasteiger partial charge in [0.15, 0.2) is 0 Å². The van der Waals surface area contributed by atoms with Crippen LogP contribution in [0, 0.1) is 0 Å². The smallest absolute Gasteiger partial charge is 0.246 e. The quantitative estimate of drug-likeness (QED) is 0.717. The summed E-state index contributed by atoms with van der Waals surface area (Å²) in [7, 11) is -3.76. The van der Waals surface area contributed by atoms with Crippen molar-refractivity contribution in [3.63, 3.8) is 0 Å². The van der Waals surface area contributed by atoms with Gasteiger partial charge in [-0.1, -0.05) is 39.1 Å². The van der Waals surface area contributed by atoms with Crippen molar-refractivity contribution < 1.29 is 8.42 Å². The molecule has 1 saturated heterocycles. The Kier molecular flexibility index (Phi) is 5.31. The van der Waals surface area contributed by atoms with Crippen LogP contribution in [0.3, 0.4) is 0 Å². The van der Waals surface area contributed by atoms with E-state index < -0.39 is 10.0 Å². The predicted octanol–water partition coefficient (Wildman–Crippen LogP) is 3.06. The number of nitrogens with zero attached hydrogens (tertiary/aromatic N) is 4. The Labute approximate surface area is 158 Å². The van der Waals surface area contributed by atoms with Crippen LogP contribution in [0.2, 0.25) is 10.0 Å². The first-order valence-electron chi connectivity index (χ1n) is 7.06. The molecule has 0 atom stereocenters. The summed E-state index contributed by atoms with van der Waals surface area (Å²) in [5, 5.41) is 0.200. The first-order valence-corrected chi connectivity index (χ1v) is 10.0. The Bertz CT molecular complexity index is 820. The van der Waals surface area contributed by atoms with Crippen molar-refractivity contribution in [3.05, 3.63) is 45.1 Å². The Balaban J connectivity index is 1.81. The number of aromatic nitrogens is 2. The van der Waals surface area contributed by atoms with Gasteiger partial charge in [-0.3, -0.25) is 0 Å². The van der Waals surface area contributed by atoms with Gasteiger partial charge in [-0.25, -0.2) is 18.4 Å². The highest BCUT2D eigenvalue weighted by Crippen LogP contribution is 2.35. The molecule has 0 amide bonds. The lowest BCUT2D eigenvalue weighted by molar-refractivity contribution is 0.382. The standard InChI is InChI=1S/C14H13BrCl2N4O2S/c15-10-8-11(16)13(12(17)9-10)24(22,23)21-6-4-20(5-7-21)14-18-2-1-3-19-14/h1-3,8-9H,4-7H2. The maximum atomic E-state index is 12.9. The molecule has 1 aliphatic heterocycles. The average Bonchev–Trinajstić information content (AvgIpc) is 2.54. The van der Waals surface area contributed by atoms with Gasteiger partial charge in [-0.15, -0.1) is 0 Å². The van der Waals surface area contributed by atoms with E-state index in [1.807, 2.05) is 4.90 Å². The molecular formula is C14H13BrCl2N4O2S. The molecule has 0 spiro atoms. The van der Waals surface area contributed by atoms with Crippen LogP contribution in [0.4, 0.5) is 5.95 Å². The number of benzene rings is 1. The van der Waals surface area contributed by atoms with Gasteiger partial charge in [0.1, 0.15) is 4.90 Å². The Morgan fingerprint density at radius 2 is 1.54 bits per heavy atom. The van der Waals surface area contributed by atoms with Crippen LogP contribution >= 0.6 is 39.1 Å². The monoisotopic (exact) mass is 450 g/mol. The molecule has 0 bridgehead atoms. The van der Waals surface area contributed by atoms with Crippen LogP contribution in [-0.4, -0.2) is 48.9 Å². The summed E-state index contributed by atoms with van der Waals surface area (Å²) < 4.78 is 27.8. The highest BCUT2D eigenvalue weighted by atomic mass is 79.9. The number of sulfonamides is 1. The number of hydrogen-bond donors (Lipinski definition) is 0. The van der Waals surface area contributed by atoms with E-state index in [1.54, 1.807) is 18.5 Å². The molecule has 1 aliphatic rings. The number of hydrogen-bond acceptors (Lipinski definition) is 5. The van der Waals surface area contributed by atoms with Crippen LogP contribution in [0.5, 0.6) is 0 Å². The molecule has 128 valence electrons. The van der Waals surface area contributed by atoms with Gasteiger partial charge in [0.2, 0.25) is 16.0 Å². The Morgan fingerprint density at radius 3 is 2.08 bits per heavy atom. The molecule has 0 aliphatic carbocycles. The Morgan fingerprint density at radius 1 is 1.00 bits per heavy atom. The molecule has 6 nitrogen and oxygen atoms in total. The van der Waals surface area contributed by atoms with Crippen LogP contribution in [0.15, 0.2) is 40.0 Å². The maximum Gasteiger partial charge on any atom is 0.246 e. The highest BCUT2D eigenvalue weighted by Gasteiger charge is 2.32. The summed E-state index contributed by atoms with van der Waals surface area (Å²) in [6, 6.07) is 4.78. The zero-order chi connectivity index (χ0) is 17.3. The minimum Gasteiger partial charge on any atom is -0.338 e. The summed E-state index contributed by atoms with van der Waals surface area (Å²) >= 11 is 15.5. The number of anilines is 1. The summed E-state index contributed by atoms with van der Waals surface area (Å²) in [6.07, 6.45) is 3.32. The molecule has 2 heterocycles. The fraction of sp³-hybridized carbons (Fsp3) is 0.286. The zero-order valence-corrected chi connectivity index (χ0v) is 16.3. The second-order valence-electron chi connectivity index (χ2n) is 5.14. The Hall–Kier alpha value is -0.930. The van der Waals surface area contributed by atoms with E-state index >= 15 is 0 Å². The van der Waals surface area contributed by atoms with E-state index in [1.165, 1.54) is 16.4 Å². The van der Waals surface area contributed by atoms with Crippen molar-refractivity contribution in [2.75, 3.05) is 31.1 Å². The normalized spacial score (nSPS) is 16.4. The summed E-state index contributed by atoms with van der Waals surface area (Å²) in [5.74, 6) is 0.592. The molecule has 1 aromatic carbocycles. The molecule has 1 fully saturated rings. The van der Waals surface area contributed by atoms with Crippen molar-refractivity contribution >= 4 is 55.1 Å². The van der Waals surface area contributed by atoms with E-state index in [0.29, 0.717) is 36.6 Å². The van der Waals surface area contributed by atoms with E-state index in [0.717, 1.165) is 0 Å². The molecule has 3 rings (SSSR count). The summed E-state index contributed by atoms with van der Waals surface area (Å²) in [6.45, 7) is 1.61. The number of halogens is 3. The minimum atomic E-state index is -3.76. The topological polar surface area (TPSA) is 66.4 Å². The van der Waals surface area contributed by atoms with E-state index in [4.69, 9.17) is 23.2 Å². The third-order valence-corrected chi connectivity index (χ3v) is 6.91. The first-order chi connectivity index (χ1) is 11.4. The zero-order valence-electron chi connectivity index (χ0n) is 12.4. The fourth-order valence-corrected chi connectivity index (χ4v) is 5.79. The lowest BCUT2D eigenvalue weighted by Gasteiger charge is -2.34. The summed E-state index contributed by atoms with van der Waals surface area (Å²) in [5.41, 5.74) is 0. The van der Waals surface area contributed by atoms with Gasteiger partial charge in [-0.05, 0) is 18.2 Å². The molecular weight excluding hydrogens is 439 g/mol. The number of rotatable bonds is 3. The van der Waals surface area contributed by atoms with Crippen molar-refractivity contribution in [1.82, 2.24) is 14.3 Å². The molecule has 2 aromatic rings. The molecule has 10 heteroatoms. The fourth-order valence-electron chi connectivity index (χ4n) is 2.49. The molecule has 1 aromatic heterocycles. The van der Waals surface area contributed by atoms with Gasteiger partial charge in [0, 0.05) is 43.0 Å². The maximum absolute atomic E-state index is 12.9. The van der Waals surface area contributed by atoms with E-state index in [2.05, 4.69) is 25.9 Å². The predicted molar refractivity (Wildman–Crippen MR) is 97.2 cm³/mol. The van der Waals surface area contributed by atoms with Crippen LogP contribution in [0.1, 0.15) is 0 Å². The molecule has 24 heavy (non-hydrogen) atoms.